The molecular weight excluding hydrogens is 209 g/mol. The zero-order valence-corrected chi connectivity index (χ0v) is 9.95. The van der Waals surface area contributed by atoms with Gasteiger partial charge in [-0.2, -0.15) is 0 Å². The fourth-order valence-corrected chi connectivity index (χ4v) is 2.32. The fourth-order valence-electron chi connectivity index (χ4n) is 1.31. The van der Waals surface area contributed by atoms with E-state index in [9.17, 15) is 4.39 Å². The van der Waals surface area contributed by atoms with Crippen molar-refractivity contribution in [3.63, 3.8) is 0 Å². The second-order valence-corrected chi connectivity index (χ2v) is 4.64. The van der Waals surface area contributed by atoms with Crippen LogP contribution < -0.4 is 5.73 Å². The van der Waals surface area contributed by atoms with Crippen LogP contribution in [0.2, 0.25) is 0 Å². The molecule has 1 aromatic rings. The molecule has 0 unspecified atom stereocenters. The van der Waals surface area contributed by atoms with Gasteiger partial charge < -0.3 is 5.73 Å². The molecule has 15 heavy (non-hydrogen) atoms. The van der Waals surface area contributed by atoms with Crippen LogP contribution in [0.25, 0.3) is 0 Å². The van der Waals surface area contributed by atoms with Gasteiger partial charge in [-0.05, 0) is 42.8 Å². The Labute approximate surface area is 95.2 Å². The molecule has 0 heterocycles. The summed E-state index contributed by atoms with van der Waals surface area (Å²) in [7, 11) is 0. The summed E-state index contributed by atoms with van der Waals surface area (Å²) in [4.78, 5) is 0.754. The first-order valence-corrected chi connectivity index (χ1v) is 6.37. The Morgan fingerprint density at radius 1 is 1.40 bits per heavy atom. The van der Waals surface area contributed by atoms with Crippen molar-refractivity contribution in [3.8, 4) is 0 Å². The van der Waals surface area contributed by atoms with Gasteiger partial charge in [0.1, 0.15) is 5.82 Å². The van der Waals surface area contributed by atoms with Crippen molar-refractivity contribution in [1.29, 1.82) is 0 Å². The van der Waals surface area contributed by atoms with Crippen LogP contribution in [-0.4, -0.2) is 12.3 Å². The molecular formula is C12H18FNS. The molecule has 84 valence electrons. The van der Waals surface area contributed by atoms with Crippen molar-refractivity contribution in [1.82, 2.24) is 0 Å². The number of hydrogen-bond acceptors (Lipinski definition) is 2. The standard InChI is InChI=1S/C12H18FNS/c1-2-3-8-15-12-5-4-10(6-7-14)9-11(12)13/h4-5,9H,2-3,6-8,14H2,1H3. The lowest BCUT2D eigenvalue weighted by atomic mass is 10.1. The molecule has 0 bridgehead atoms. The maximum Gasteiger partial charge on any atom is 0.137 e. The summed E-state index contributed by atoms with van der Waals surface area (Å²) in [6.07, 6.45) is 3.03. The Balaban J connectivity index is 2.58. The number of benzene rings is 1. The first-order valence-electron chi connectivity index (χ1n) is 5.39. The van der Waals surface area contributed by atoms with Gasteiger partial charge in [-0.15, -0.1) is 11.8 Å². The molecule has 0 aliphatic heterocycles. The second-order valence-electron chi connectivity index (χ2n) is 3.51. The molecule has 1 aromatic carbocycles. The van der Waals surface area contributed by atoms with Crippen molar-refractivity contribution in [2.45, 2.75) is 31.1 Å². The van der Waals surface area contributed by atoms with Gasteiger partial charge in [0.05, 0.1) is 0 Å². The van der Waals surface area contributed by atoms with Gasteiger partial charge in [-0.3, -0.25) is 0 Å². The lowest BCUT2D eigenvalue weighted by Crippen LogP contribution is -2.02. The molecule has 0 atom stereocenters. The topological polar surface area (TPSA) is 26.0 Å². The van der Waals surface area contributed by atoms with Gasteiger partial charge in [-0.25, -0.2) is 4.39 Å². The number of nitrogens with two attached hydrogens (primary N) is 1. The van der Waals surface area contributed by atoms with E-state index in [1.807, 2.05) is 12.1 Å². The lowest BCUT2D eigenvalue weighted by molar-refractivity contribution is 0.599. The molecule has 3 heteroatoms. The van der Waals surface area contributed by atoms with Crippen molar-refractivity contribution in [2.24, 2.45) is 5.73 Å². The minimum absolute atomic E-state index is 0.109. The smallest absolute Gasteiger partial charge is 0.137 e. The predicted molar refractivity (Wildman–Crippen MR) is 64.8 cm³/mol. The van der Waals surface area contributed by atoms with Crippen LogP contribution in [0.15, 0.2) is 23.1 Å². The quantitative estimate of drug-likeness (QED) is 0.596. The summed E-state index contributed by atoms with van der Waals surface area (Å²) in [5.74, 6) is 0.881. The fraction of sp³-hybridized carbons (Fsp3) is 0.500. The minimum atomic E-state index is -0.109. The lowest BCUT2D eigenvalue weighted by Gasteiger charge is -2.04. The van der Waals surface area contributed by atoms with Gasteiger partial charge in [0.2, 0.25) is 0 Å². The third-order valence-electron chi connectivity index (χ3n) is 2.18. The van der Waals surface area contributed by atoms with Crippen molar-refractivity contribution < 1.29 is 4.39 Å². The predicted octanol–water partition coefficient (Wildman–Crippen LogP) is 3.22. The Morgan fingerprint density at radius 3 is 2.80 bits per heavy atom. The van der Waals surface area contributed by atoms with Crippen molar-refractivity contribution in [3.05, 3.63) is 29.6 Å². The Bertz CT molecular complexity index is 302. The van der Waals surface area contributed by atoms with Crippen LogP contribution in [0.3, 0.4) is 0 Å². The summed E-state index contributed by atoms with van der Waals surface area (Å²) < 4.78 is 13.5. The molecule has 1 nitrogen and oxygen atoms in total. The Kier molecular flexibility index (Phi) is 5.73. The van der Waals surface area contributed by atoms with E-state index >= 15 is 0 Å². The highest BCUT2D eigenvalue weighted by molar-refractivity contribution is 7.99. The Morgan fingerprint density at radius 2 is 2.20 bits per heavy atom. The molecule has 2 N–H and O–H groups in total. The van der Waals surface area contributed by atoms with E-state index in [1.165, 1.54) is 0 Å². The van der Waals surface area contributed by atoms with E-state index in [-0.39, 0.29) is 5.82 Å². The molecule has 0 amide bonds. The van der Waals surface area contributed by atoms with Crippen LogP contribution >= 0.6 is 11.8 Å². The highest BCUT2D eigenvalue weighted by atomic mass is 32.2. The van der Waals surface area contributed by atoms with Gasteiger partial charge >= 0.3 is 0 Å². The van der Waals surface area contributed by atoms with Crippen LogP contribution in [0.5, 0.6) is 0 Å². The molecule has 0 spiro atoms. The average Bonchev–Trinajstić information content (AvgIpc) is 2.22. The van der Waals surface area contributed by atoms with Crippen LogP contribution in [0.4, 0.5) is 4.39 Å². The van der Waals surface area contributed by atoms with Crippen LogP contribution in [0.1, 0.15) is 25.3 Å². The molecule has 0 aliphatic carbocycles. The Hall–Kier alpha value is -0.540. The van der Waals surface area contributed by atoms with E-state index in [2.05, 4.69) is 6.92 Å². The molecule has 0 saturated heterocycles. The minimum Gasteiger partial charge on any atom is -0.330 e. The van der Waals surface area contributed by atoms with Gasteiger partial charge in [0, 0.05) is 4.90 Å². The molecule has 0 fully saturated rings. The number of halogens is 1. The highest BCUT2D eigenvalue weighted by Gasteiger charge is 2.03. The first-order chi connectivity index (χ1) is 7.27. The molecule has 0 radical (unpaired) electrons. The maximum atomic E-state index is 13.5. The molecule has 0 aliphatic rings. The van der Waals surface area contributed by atoms with E-state index < -0.39 is 0 Å². The maximum absolute atomic E-state index is 13.5. The van der Waals surface area contributed by atoms with Gasteiger partial charge in [0.25, 0.3) is 0 Å². The van der Waals surface area contributed by atoms with Gasteiger partial charge in [-0.1, -0.05) is 19.4 Å². The summed E-state index contributed by atoms with van der Waals surface area (Å²) in [6, 6.07) is 5.42. The van der Waals surface area contributed by atoms with E-state index in [0.717, 1.165) is 35.5 Å². The largest absolute Gasteiger partial charge is 0.330 e. The number of thioether (sulfide) groups is 1. The highest BCUT2D eigenvalue weighted by Crippen LogP contribution is 2.23. The molecule has 0 aromatic heterocycles. The average molecular weight is 227 g/mol. The number of rotatable bonds is 6. The van der Waals surface area contributed by atoms with Crippen molar-refractivity contribution in [2.75, 3.05) is 12.3 Å². The van der Waals surface area contributed by atoms with Crippen LogP contribution in [-0.2, 0) is 6.42 Å². The van der Waals surface area contributed by atoms with E-state index in [0.29, 0.717) is 6.54 Å². The monoisotopic (exact) mass is 227 g/mol. The third-order valence-corrected chi connectivity index (χ3v) is 3.32. The van der Waals surface area contributed by atoms with E-state index in [4.69, 9.17) is 5.73 Å². The summed E-state index contributed by atoms with van der Waals surface area (Å²) in [5, 5.41) is 0. The van der Waals surface area contributed by atoms with E-state index in [1.54, 1.807) is 17.8 Å². The van der Waals surface area contributed by atoms with Crippen molar-refractivity contribution >= 4 is 11.8 Å². The van der Waals surface area contributed by atoms with Gasteiger partial charge in [0.15, 0.2) is 0 Å². The third kappa shape index (κ3) is 4.22. The zero-order chi connectivity index (χ0) is 11.1. The summed E-state index contributed by atoms with van der Waals surface area (Å²) in [6.45, 7) is 2.71. The zero-order valence-electron chi connectivity index (χ0n) is 9.13. The first kappa shape index (κ1) is 12.5. The molecule has 0 saturated carbocycles. The number of hydrogen-bond donors (Lipinski definition) is 1. The van der Waals surface area contributed by atoms with Crippen LogP contribution in [0, 0.1) is 5.82 Å². The number of unbranched alkanes of at least 4 members (excludes halogenated alkanes) is 1. The normalized spacial score (nSPS) is 10.6. The summed E-state index contributed by atoms with van der Waals surface area (Å²) >= 11 is 1.59. The second kappa shape index (κ2) is 6.85. The SMILES string of the molecule is CCCCSc1ccc(CCN)cc1F. The summed E-state index contributed by atoms with van der Waals surface area (Å²) in [5.41, 5.74) is 6.40. The molecule has 1 rings (SSSR count).